The Morgan fingerprint density at radius 3 is 2.58 bits per heavy atom. The van der Waals surface area contributed by atoms with Crippen LogP contribution in [0.25, 0.3) is 0 Å². The van der Waals surface area contributed by atoms with Gasteiger partial charge in [0.25, 0.3) is 0 Å². The Bertz CT molecular complexity index is 101. The van der Waals surface area contributed by atoms with Crippen molar-refractivity contribution in [3.8, 4) is 0 Å². The van der Waals surface area contributed by atoms with E-state index < -0.39 is 0 Å². The minimum atomic E-state index is 0.671. The standard InChI is InChI=1S/C9H21NOS/c1-4-10(5-6-11-3)7-9(2)8-12/h9,12H,4-8H2,1-3H3. The van der Waals surface area contributed by atoms with Gasteiger partial charge in [-0.15, -0.1) is 0 Å². The van der Waals surface area contributed by atoms with E-state index in [0.29, 0.717) is 5.92 Å². The minimum Gasteiger partial charge on any atom is -0.383 e. The maximum absolute atomic E-state index is 5.03. The Morgan fingerprint density at radius 1 is 1.50 bits per heavy atom. The average Bonchev–Trinajstić information content (AvgIpc) is 2.11. The molecule has 0 aromatic rings. The van der Waals surface area contributed by atoms with E-state index in [1.807, 2.05) is 0 Å². The molecule has 0 N–H and O–H groups in total. The van der Waals surface area contributed by atoms with Crippen LogP contribution in [0.15, 0.2) is 0 Å². The van der Waals surface area contributed by atoms with Gasteiger partial charge < -0.3 is 9.64 Å². The third-order valence-electron chi connectivity index (χ3n) is 1.94. The second-order valence-electron chi connectivity index (χ2n) is 3.17. The maximum atomic E-state index is 5.03. The van der Waals surface area contributed by atoms with Crippen molar-refractivity contribution in [2.75, 3.05) is 39.1 Å². The third-order valence-corrected chi connectivity index (χ3v) is 2.56. The lowest BCUT2D eigenvalue weighted by atomic mass is 10.2. The molecule has 0 rings (SSSR count). The summed E-state index contributed by atoms with van der Waals surface area (Å²) < 4.78 is 5.03. The zero-order valence-electron chi connectivity index (χ0n) is 8.42. The number of rotatable bonds is 7. The molecule has 0 spiro atoms. The highest BCUT2D eigenvalue weighted by atomic mass is 32.1. The predicted octanol–water partition coefficient (Wildman–Crippen LogP) is 1.52. The molecule has 0 aliphatic rings. The van der Waals surface area contributed by atoms with E-state index in [1.54, 1.807) is 7.11 Å². The number of nitrogens with zero attached hydrogens (tertiary/aromatic N) is 1. The molecule has 0 heterocycles. The minimum absolute atomic E-state index is 0.671. The highest BCUT2D eigenvalue weighted by Crippen LogP contribution is 2.01. The molecule has 0 aliphatic carbocycles. The monoisotopic (exact) mass is 191 g/mol. The molecule has 2 nitrogen and oxygen atoms in total. The Hall–Kier alpha value is 0.270. The molecule has 0 aliphatic heterocycles. The van der Waals surface area contributed by atoms with Crippen LogP contribution in [0.3, 0.4) is 0 Å². The summed E-state index contributed by atoms with van der Waals surface area (Å²) in [6.07, 6.45) is 0. The SMILES string of the molecule is CCN(CCOC)CC(C)CS. The van der Waals surface area contributed by atoms with E-state index in [0.717, 1.165) is 32.0 Å². The van der Waals surface area contributed by atoms with Crippen LogP contribution in [-0.4, -0.2) is 44.0 Å². The normalized spacial score (nSPS) is 13.8. The van der Waals surface area contributed by atoms with Crippen LogP contribution in [0.4, 0.5) is 0 Å². The molecule has 0 aromatic carbocycles. The summed E-state index contributed by atoms with van der Waals surface area (Å²) in [4.78, 5) is 2.39. The topological polar surface area (TPSA) is 12.5 Å². The van der Waals surface area contributed by atoms with Gasteiger partial charge in [0, 0.05) is 20.2 Å². The summed E-state index contributed by atoms with van der Waals surface area (Å²) in [5, 5.41) is 0. The van der Waals surface area contributed by atoms with Crippen LogP contribution < -0.4 is 0 Å². The van der Waals surface area contributed by atoms with E-state index in [9.17, 15) is 0 Å². The third kappa shape index (κ3) is 5.86. The van der Waals surface area contributed by atoms with Crippen LogP contribution in [0.2, 0.25) is 0 Å². The largest absolute Gasteiger partial charge is 0.383 e. The molecule has 12 heavy (non-hydrogen) atoms. The molecular weight excluding hydrogens is 170 g/mol. The van der Waals surface area contributed by atoms with Crippen molar-refractivity contribution < 1.29 is 4.74 Å². The molecule has 0 fully saturated rings. The Labute approximate surface area is 81.7 Å². The van der Waals surface area contributed by atoms with Gasteiger partial charge in [-0.1, -0.05) is 13.8 Å². The highest BCUT2D eigenvalue weighted by Gasteiger charge is 2.06. The van der Waals surface area contributed by atoms with Gasteiger partial charge in [-0.2, -0.15) is 12.6 Å². The summed E-state index contributed by atoms with van der Waals surface area (Å²) in [5.41, 5.74) is 0. The molecule has 0 saturated carbocycles. The van der Waals surface area contributed by atoms with Gasteiger partial charge >= 0.3 is 0 Å². The molecule has 1 unspecified atom stereocenters. The van der Waals surface area contributed by atoms with Crippen molar-refractivity contribution >= 4 is 12.6 Å². The molecular formula is C9H21NOS. The van der Waals surface area contributed by atoms with Gasteiger partial charge in [0.05, 0.1) is 6.61 Å². The summed E-state index contributed by atoms with van der Waals surface area (Å²) in [5.74, 6) is 1.63. The van der Waals surface area contributed by atoms with E-state index in [1.165, 1.54) is 0 Å². The van der Waals surface area contributed by atoms with Gasteiger partial charge in [-0.05, 0) is 18.2 Å². The van der Waals surface area contributed by atoms with Gasteiger partial charge in [-0.3, -0.25) is 0 Å². The lowest BCUT2D eigenvalue weighted by Crippen LogP contribution is -2.32. The zero-order chi connectivity index (χ0) is 9.40. The van der Waals surface area contributed by atoms with Crippen molar-refractivity contribution in [3.63, 3.8) is 0 Å². The van der Waals surface area contributed by atoms with Crippen LogP contribution in [0, 0.1) is 5.92 Å². The first kappa shape index (κ1) is 12.3. The highest BCUT2D eigenvalue weighted by molar-refractivity contribution is 7.80. The van der Waals surface area contributed by atoms with Gasteiger partial charge in [-0.25, -0.2) is 0 Å². The Kier molecular flexibility index (Phi) is 8.07. The summed E-state index contributed by atoms with van der Waals surface area (Å²) in [6, 6.07) is 0. The fraction of sp³-hybridized carbons (Fsp3) is 1.00. The molecule has 3 heteroatoms. The molecule has 1 atom stereocenters. The predicted molar refractivity (Wildman–Crippen MR) is 57.0 cm³/mol. The quantitative estimate of drug-likeness (QED) is 0.613. The van der Waals surface area contributed by atoms with Crippen LogP contribution in [0.5, 0.6) is 0 Å². The Balaban J connectivity index is 3.51. The van der Waals surface area contributed by atoms with Crippen molar-refractivity contribution in [2.24, 2.45) is 5.92 Å². The van der Waals surface area contributed by atoms with E-state index in [4.69, 9.17) is 4.74 Å². The van der Waals surface area contributed by atoms with Crippen LogP contribution in [0.1, 0.15) is 13.8 Å². The molecule has 0 aromatic heterocycles. The van der Waals surface area contributed by atoms with Crippen molar-refractivity contribution in [1.82, 2.24) is 4.90 Å². The smallest absolute Gasteiger partial charge is 0.0589 e. The first-order valence-corrected chi connectivity index (χ1v) is 5.20. The van der Waals surface area contributed by atoms with Crippen molar-refractivity contribution in [1.29, 1.82) is 0 Å². The molecule has 0 saturated heterocycles. The van der Waals surface area contributed by atoms with Crippen molar-refractivity contribution in [2.45, 2.75) is 13.8 Å². The fourth-order valence-electron chi connectivity index (χ4n) is 1.10. The second-order valence-corrected chi connectivity index (χ2v) is 3.54. The van der Waals surface area contributed by atoms with Crippen molar-refractivity contribution in [3.05, 3.63) is 0 Å². The maximum Gasteiger partial charge on any atom is 0.0589 e. The summed E-state index contributed by atoms with van der Waals surface area (Å²) >= 11 is 4.26. The molecule has 74 valence electrons. The van der Waals surface area contributed by atoms with E-state index >= 15 is 0 Å². The number of methoxy groups -OCH3 is 1. The number of hydrogen-bond acceptors (Lipinski definition) is 3. The van der Waals surface area contributed by atoms with Gasteiger partial charge in [0.15, 0.2) is 0 Å². The lowest BCUT2D eigenvalue weighted by molar-refractivity contribution is 0.144. The lowest BCUT2D eigenvalue weighted by Gasteiger charge is -2.22. The number of ether oxygens (including phenoxy) is 1. The van der Waals surface area contributed by atoms with Gasteiger partial charge in [0.1, 0.15) is 0 Å². The Morgan fingerprint density at radius 2 is 2.17 bits per heavy atom. The molecule has 0 radical (unpaired) electrons. The summed E-state index contributed by atoms with van der Waals surface area (Å²) in [6.45, 7) is 8.49. The van der Waals surface area contributed by atoms with E-state index in [-0.39, 0.29) is 0 Å². The van der Waals surface area contributed by atoms with Crippen LogP contribution in [-0.2, 0) is 4.74 Å². The second kappa shape index (κ2) is 7.90. The van der Waals surface area contributed by atoms with E-state index in [2.05, 4.69) is 31.4 Å². The first-order valence-electron chi connectivity index (χ1n) is 4.56. The number of thiol groups is 1. The fourth-order valence-corrected chi connectivity index (χ4v) is 1.21. The molecule has 0 amide bonds. The zero-order valence-corrected chi connectivity index (χ0v) is 9.31. The number of likely N-dealkylation sites (N-methyl/N-ethyl adjacent to an activating group) is 1. The molecule has 0 bridgehead atoms. The van der Waals surface area contributed by atoms with Crippen LogP contribution >= 0.6 is 12.6 Å². The first-order chi connectivity index (χ1) is 5.74. The van der Waals surface area contributed by atoms with Gasteiger partial charge in [0.2, 0.25) is 0 Å². The summed E-state index contributed by atoms with van der Waals surface area (Å²) in [7, 11) is 1.75. The average molecular weight is 191 g/mol. The number of hydrogen-bond donors (Lipinski definition) is 1.